The standard InChI is InChI=1S/C17H24ClF3N4S/c18-13-14(11-7-8-11)25(24-15(13)17(19,20)21)10-4-9-22-16(26)23-12-5-2-1-3-6-12/h11-12H,1-10H2,(H2,22,23,26). The Balaban J connectivity index is 1.49. The van der Waals surface area contributed by atoms with Crippen LogP contribution in [0.5, 0.6) is 0 Å². The second kappa shape index (κ2) is 8.33. The van der Waals surface area contributed by atoms with Gasteiger partial charge in [0.05, 0.1) is 10.7 Å². The second-order valence-electron chi connectivity index (χ2n) is 7.13. The van der Waals surface area contributed by atoms with Crippen LogP contribution in [0.1, 0.15) is 68.7 Å². The molecule has 1 aromatic rings. The average molecular weight is 409 g/mol. The van der Waals surface area contributed by atoms with E-state index in [1.54, 1.807) is 0 Å². The maximum atomic E-state index is 13.0. The fourth-order valence-electron chi connectivity index (χ4n) is 3.47. The summed E-state index contributed by atoms with van der Waals surface area (Å²) in [7, 11) is 0. The van der Waals surface area contributed by atoms with Crippen molar-refractivity contribution in [2.24, 2.45) is 0 Å². The summed E-state index contributed by atoms with van der Waals surface area (Å²) >= 11 is 11.3. The third kappa shape index (κ3) is 5.03. The minimum atomic E-state index is -4.52. The lowest BCUT2D eigenvalue weighted by molar-refractivity contribution is -0.141. The molecule has 26 heavy (non-hydrogen) atoms. The molecular formula is C17H24ClF3N4S. The smallest absolute Gasteiger partial charge is 0.363 e. The number of aromatic nitrogens is 2. The molecule has 0 unspecified atom stereocenters. The summed E-state index contributed by atoms with van der Waals surface area (Å²) in [6.07, 6.45) is 3.87. The van der Waals surface area contributed by atoms with Gasteiger partial charge in [-0.3, -0.25) is 4.68 Å². The normalized spacial score (nSPS) is 18.8. The number of aryl methyl sites for hydroxylation is 1. The lowest BCUT2D eigenvalue weighted by Crippen LogP contribution is -2.43. The Morgan fingerprint density at radius 3 is 2.50 bits per heavy atom. The van der Waals surface area contributed by atoms with Crippen LogP contribution in [0.15, 0.2) is 0 Å². The molecule has 146 valence electrons. The lowest BCUT2D eigenvalue weighted by Gasteiger charge is -2.24. The number of hydrogen-bond donors (Lipinski definition) is 2. The number of thiocarbonyl (C=S) groups is 1. The summed E-state index contributed by atoms with van der Waals surface area (Å²) in [5, 5.41) is 10.6. The highest BCUT2D eigenvalue weighted by Gasteiger charge is 2.41. The van der Waals surface area contributed by atoms with Crippen LogP contribution >= 0.6 is 23.8 Å². The van der Waals surface area contributed by atoms with Gasteiger partial charge in [0.15, 0.2) is 10.8 Å². The molecule has 1 aromatic heterocycles. The van der Waals surface area contributed by atoms with Crippen LogP contribution < -0.4 is 10.6 Å². The van der Waals surface area contributed by atoms with Crippen LogP contribution in [-0.4, -0.2) is 27.5 Å². The molecule has 0 bridgehead atoms. The first-order valence-corrected chi connectivity index (χ1v) is 10.0. The zero-order chi connectivity index (χ0) is 18.7. The van der Waals surface area contributed by atoms with Gasteiger partial charge in [-0.05, 0) is 44.3 Å². The minimum Gasteiger partial charge on any atom is -0.363 e. The summed E-state index contributed by atoms with van der Waals surface area (Å²) in [5.41, 5.74) is -0.439. The molecule has 2 saturated carbocycles. The predicted molar refractivity (Wildman–Crippen MR) is 99.4 cm³/mol. The van der Waals surface area contributed by atoms with Crippen LogP contribution in [0.25, 0.3) is 0 Å². The van der Waals surface area contributed by atoms with E-state index in [9.17, 15) is 13.2 Å². The summed E-state index contributed by atoms with van der Waals surface area (Å²) in [5.74, 6) is 0.105. The molecule has 2 aliphatic rings. The molecule has 9 heteroatoms. The molecule has 3 rings (SSSR count). The van der Waals surface area contributed by atoms with Crippen molar-refractivity contribution >= 4 is 28.9 Å². The molecule has 2 aliphatic carbocycles. The second-order valence-corrected chi connectivity index (χ2v) is 7.92. The van der Waals surface area contributed by atoms with Crippen LogP contribution in [0, 0.1) is 0 Å². The highest BCUT2D eigenvalue weighted by Crippen LogP contribution is 2.46. The van der Waals surface area contributed by atoms with Crippen LogP contribution in [0.2, 0.25) is 5.02 Å². The van der Waals surface area contributed by atoms with Gasteiger partial charge >= 0.3 is 6.18 Å². The van der Waals surface area contributed by atoms with Gasteiger partial charge in [0.2, 0.25) is 0 Å². The van der Waals surface area contributed by atoms with Crippen molar-refractivity contribution in [3.05, 3.63) is 16.4 Å². The molecule has 2 N–H and O–H groups in total. The Kier molecular flexibility index (Phi) is 6.33. The van der Waals surface area contributed by atoms with Crippen LogP contribution in [0.4, 0.5) is 13.2 Å². The molecule has 2 fully saturated rings. The molecule has 0 atom stereocenters. The molecule has 0 spiro atoms. The monoisotopic (exact) mass is 408 g/mol. The number of nitrogens with zero attached hydrogens (tertiary/aromatic N) is 2. The van der Waals surface area contributed by atoms with Crippen molar-refractivity contribution in [3.8, 4) is 0 Å². The van der Waals surface area contributed by atoms with Gasteiger partial charge in [-0.25, -0.2) is 0 Å². The fraction of sp³-hybridized carbons (Fsp3) is 0.765. The van der Waals surface area contributed by atoms with Crippen molar-refractivity contribution in [1.82, 2.24) is 20.4 Å². The van der Waals surface area contributed by atoms with Crippen molar-refractivity contribution in [1.29, 1.82) is 0 Å². The zero-order valence-corrected chi connectivity index (χ0v) is 16.1. The van der Waals surface area contributed by atoms with Gasteiger partial charge in [0.25, 0.3) is 0 Å². The largest absolute Gasteiger partial charge is 0.436 e. The molecular weight excluding hydrogens is 385 g/mol. The summed E-state index contributed by atoms with van der Waals surface area (Å²) in [6, 6.07) is 0.435. The van der Waals surface area contributed by atoms with E-state index in [4.69, 9.17) is 23.8 Å². The Hall–Kier alpha value is -1.02. The Bertz CT molecular complexity index is 637. The van der Waals surface area contributed by atoms with E-state index in [0.717, 1.165) is 25.7 Å². The van der Waals surface area contributed by atoms with E-state index in [1.807, 2.05) is 0 Å². The van der Waals surface area contributed by atoms with Gasteiger partial charge in [0, 0.05) is 25.0 Å². The third-order valence-electron chi connectivity index (χ3n) is 4.94. The minimum absolute atomic E-state index is 0.105. The van der Waals surface area contributed by atoms with Gasteiger partial charge in [-0.1, -0.05) is 30.9 Å². The first-order valence-electron chi connectivity index (χ1n) is 9.24. The third-order valence-corrected chi connectivity index (χ3v) is 5.57. The topological polar surface area (TPSA) is 41.9 Å². The van der Waals surface area contributed by atoms with E-state index in [-0.39, 0.29) is 10.9 Å². The quantitative estimate of drug-likeness (QED) is 0.532. The zero-order valence-electron chi connectivity index (χ0n) is 14.5. The van der Waals surface area contributed by atoms with Crippen molar-refractivity contribution in [2.45, 2.75) is 76.0 Å². The van der Waals surface area contributed by atoms with E-state index in [0.29, 0.717) is 36.4 Å². The van der Waals surface area contributed by atoms with Crippen molar-refractivity contribution in [3.63, 3.8) is 0 Å². The SMILES string of the molecule is FC(F)(F)c1nn(CCCNC(=S)NC2CCCCC2)c(C2CC2)c1Cl. The number of rotatable bonds is 6. The Labute approximate surface area is 161 Å². The highest BCUT2D eigenvalue weighted by atomic mass is 35.5. The molecule has 0 aliphatic heterocycles. The summed E-state index contributed by atoms with van der Waals surface area (Å²) in [6.45, 7) is 0.974. The molecule has 4 nitrogen and oxygen atoms in total. The van der Waals surface area contributed by atoms with Gasteiger partial charge in [-0.2, -0.15) is 18.3 Å². The van der Waals surface area contributed by atoms with E-state index < -0.39 is 11.9 Å². The molecule has 0 aromatic carbocycles. The van der Waals surface area contributed by atoms with E-state index in [2.05, 4.69) is 15.7 Å². The number of nitrogens with one attached hydrogen (secondary N) is 2. The number of alkyl halides is 3. The maximum Gasteiger partial charge on any atom is 0.436 e. The molecule has 1 heterocycles. The van der Waals surface area contributed by atoms with E-state index in [1.165, 1.54) is 23.9 Å². The number of hydrogen-bond acceptors (Lipinski definition) is 2. The van der Waals surface area contributed by atoms with E-state index >= 15 is 0 Å². The predicted octanol–water partition coefficient (Wildman–Crippen LogP) is 4.62. The lowest BCUT2D eigenvalue weighted by atomic mass is 9.96. The van der Waals surface area contributed by atoms with Crippen molar-refractivity contribution in [2.75, 3.05) is 6.54 Å². The van der Waals surface area contributed by atoms with Crippen molar-refractivity contribution < 1.29 is 13.2 Å². The molecule has 0 radical (unpaired) electrons. The molecule has 0 saturated heterocycles. The Morgan fingerprint density at radius 2 is 1.88 bits per heavy atom. The first kappa shape index (κ1) is 19.7. The van der Waals surface area contributed by atoms with Gasteiger partial charge < -0.3 is 10.6 Å². The van der Waals surface area contributed by atoms with Crippen LogP contribution in [-0.2, 0) is 12.7 Å². The molecule has 0 amide bonds. The summed E-state index contributed by atoms with van der Waals surface area (Å²) in [4.78, 5) is 0. The maximum absolute atomic E-state index is 13.0. The van der Waals surface area contributed by atoms with Gasteiger partial charge in [-0.15, -0.1) is 0 Å². The van der Waals surface area contributed by atoms with Gasteiger partial charge in [0.1, 0.15) is 0 Å². The average Bonchev–Trinajstić information content (AvgIpc) is 3.35. The Morgan fingerprint density at radius 1 is 1.19 bits per heavy atom. The highest BCUT2D eigenvalue weighted by molar-refractivity contribution is 7.80. The number of halogens is 4. The fourth-order valence-corrected chi connectivity index (χ4v) is 4.13. The summed E-state index contributed by atoms with van der Waals surface area (Å²) < 4.78 is 40.6. The first-order chi connectivity index (χ1) is 12.4. The van der Waals surface area contributed by atoms with Crippen LogP contribution in [0.3, 0.4) is 0 Å².